The highest BCUT2D eigenvalue weighted by molar-refractivity contribution is 8.04. The Kier molecular flexibility index (Phi) is 2.72. The molecule has 1 aliphatic heterocycles. The van der Waals surface area contributed by atoms with Crippen LogP contribution in [0.2, 0.25) is 0 Å². The van der Waals surface area contributed by atoms with Crippen LogP contribution in [0.25, 0.3) is 0 Å². The Bertz CT molecular complexity index is 288. The number of ether oxygens (including phenoxy) is 1. The second-order valence-electron chi connectivity index (χ2n) is 3.82. The van der Waals surface area contributed by atoms with E-state index in [4.69, 9.17) is 10.5 Å². The van der Waals surface area contributed by atoms with Crippen molar-refractivity contribution in [1.29, 1.82) is 0 Å². The van der Waals surface area contributed by atoms with Crippen LogP contribution in [0.15, 0.2) is 10.6 Å². The van der Waals surface area contributed by atoms with Crippen LogP contribution in [-0.2, 0) is 9.53 Å². The summed E-state index contributed by atoms with van der Waals surface area (Å²) in [4.78, 5) is 12.0. The van der Waals surface area contributed by atoms with Crippen molar-refractivity contribution >= 4 is 17.7 Å². The van der Waals surface area contributed by atoms with Gasteiger partial charge >= 0.3 is 5.97 Å². The highest BCUT2D eigenvalue weighted by Crippen LogP contribution is 2.47. The largest absolute Gasteiger partial charge is 0.465 e. The van der Waals surface area contributed by atoms with Crippen LogP contribution < -0.4 is 5.73 Å². The van der Waals surface area contributed by atoms with Crippen LogP contribution in [0.4, 0.5) is 0 Å². The van der Waals surface area contributed by atoms with Gasteiger partial charge in [-0.25, -0.2) is 4.79 Å². The fraction of sp³-hybridized carbons (Fsp3) is 0.700. The van der Waals surface area contributed by atoms with E-state index >= 15 is 0 Å². The molecular formula is C10H15NO2S. The number of fused-ring (bicyclic) bond motifs is 1. The van der Waals surface area contributed by atoms with E-state index < -0.39 is 0 Å². The van der Waals surface area contributed by atoms with Gasteiger partial charge in [-0.2, -0.15) is 0 Å². The van der Waals surface area contributed by atoms with E-state index in [1.165, 1.54) is 26.4 Å². The Morgan fingerprint density at radius 1 is 1.50 bits per heavy atom. The molecule has 2 rings (SSSR count). The first-order valence-corrected chi connectivity index (χ1v) is 5.86. The lowest BCUT2D eigenvalue weighted by molar-refractivity contribution is -0.135. The predicted molar refractivity (Wildman–Crippen MR) is 56.6 cm³/mol. The van der Waals surface area contributed by atoms with E-state index in [2.05, 4.69) is 0 Å². The van der Waals surface area contributed by atoms with Crippen molar-refractivity contribution in [3.05, 3.63) is 10.6 Å². The van der Waals surface area contributed by atoms with E-state index in [1.54, 1.807) is 11.8 Å². The molecule has 2 aliphatic rings. The summed E-state index contributed by atoms with van der Waals surface area (Å²) in [6.07, 6.45) is 4.80. The van der Waals surface area contributed by atoms with Gasteiger partial charge in [0.25, 0.3) is 0 Å². The van der Waals surface area contributed by atoms with Crippen LogP contribution in [-0.4, -0.2) is 18.3 Å². The molecule has 2 N–H and O–H groups in total. The molecule has 1 heterocycles. The number of nitrogens with two attached hydrogens (primary N) is 1. The zero-order chi connectivity index (χ0) is 10.1. The van der Waals surface area contributed by atoms with Gasteiger partial charge in [0.2, 0.25) is 0 Å². The van der Waals surface area contributed by atoms with Crippen molar-refractivity contribution in [3.8, 4) is 0 Å². The zero-order valence-electron chi connectivity index (χ0n) is 8.29. The van der Waals surface area contributed by atoms with Gasteiger partial charge in [0, 0.05) is 16.9 Å². The maximum absolute atomic E-state index is 11.4. The summed E-state index contributed by atoms with van der Waals surface area (Å²) in [6, 6.07) is 0. The van der Waals surface area contributed by atoms with Gasteiger partial charge in [-0.3, -0.25) is 0 Å². The second kappa shape index (κ2) is 3.85. The van der Waals surface area contributed by atoms with Crippen molar-refractivity contribution in [2.75, 3.05) is 7.11 Å². The van der Waals surface area contributed by atoms with E-state index in [0.717, 1.165) is 12.1 Å². The summed E-state index contributed by atoms with van der Waals surface area (Å²) < 4.78 is 4.71. The molecule has 4 heteroatoms. The van der Waals surface area contributed by atoms with Crippen molar-refractivity contribution in [2.24, 2.45) is 11.7 Å². The van der Waals surface area contributed by atoms with Crippen LogP contribution in [0.5, 0.6) is 0 Å². The molecule has 2 atom stereocenters. The fourth-order valence-electron chi connectivity index (χ4n) is 2.24. The van der Waals surface area contributed by atoms with Crippen molar-refractivity contribution in [3.63, 3.8) is 0 Å². The Morgan fingerprint density at radius 2 is 2.21 bits per heavy atom. The minimum absolute atomic E-state index is 0.262. The van der Waals surface area contributed by atoms with Gasteiger partial charge in [-0.05, 0) is 12.8 Å². The lowest BCUT2D eigenvalue weighted by atomic mass is 9.86. The zero-order valence-corrected chi connectivity index (χ0v) is 9.10. The number of carbonyl (C=O) groups excluding carboxylic acids is 1. The topological polar surface area (TPSA) is 52.3 Å². The lowest BCUT2D eigenvalue weighted by Crippen LogP contribution is -2.22. The first kappa shape index (κ1) is 9.90. The summed E-state index contributed by atoms with van der Waals surface area (Å²) >= 11 is 1.62. The lowest BCUT2D eigenvalue weighted by Gasteiger charge is -2.24. The Morgan fingerprint density at radius 3 is 2.86 bits per heavy atom. The Labute approximate surface area is 88.1 Å². The molecule has 1 aliphatic carbocycles. The number of hydrogen-bond acceptors (Lipinski definition) is 4. The van der Waals surface area contributed by atoms with Gasteiger partial charge < -0.3 is 10.5 Å². The molecule has 0 saturated heterocycles. The molecule has 0 aromatic heterocycles. The molecule has 1 fully saturated rings. The molecule has 0 aromatic carbocycles. The Balaban J connectivity index is 2.18. The number of hydrogen-bond donors (Lipinski definition) is 1. The molecular weight excluding hydrogens is 198 g/mol. The van der Waals surface area contributed by atoms with Crippen molar-refractivity contribution in [1.82, 2.24) is 0 Å². The van der Waals surface area contributed by atoms with Gasteiger partial charge in [0.05, 0.1) is 7.11 Å². The highest BCUT2D eigenvalue weighted by atomic mass is 32.2. The normalized spacial score (nSPS) is 31.5. The van der Waals surface area contributed by atoms with Gasteiger partial charge in [0.1, 0.15) is 4.91 Å². The highest BCUT2D eigenvalue weighted by Gasteiger charge is 2.38. The summed E-state index contributed by atoms with van der Waals surface area (Å²) in [5.41, 5.74) is 6.74. The predicted octanol–water partition coefficient (Wildman–Crippen LogP) is 1.64. The standard InChI is InChI=1S/C10H15NO2S/c1-13-10(12)9-8(11)6-4-2-3-5-7(6)14-9/h6-7H,2-5,11H2,1H3. The van der Waals surface area contributed by atoms with E-state index in [0.29, 0.717) is 16.1 Å². The number of esters is 1. The molecule has 14 heavy (non-hydrogen) atoms. The van der Waals surface area contributed by atoms with Crippen LogP contribution in [0.1, 0.15) is 25.7 Å². The van der Waals surface area contributed by atoms with E-state index in [9.17, 15) is 4.79 Å². The average molecular weight is 213 g/mol. The van der Waals surface area contributed by atoms with Gasteiger partial charge in [-0.1, -0.05) is 12.8 Å². The van der Waals surface area contributed by atoms with E-state index in [1.807, 2.05) is 0 Å². The molecule has 1 saturated carbocycles. The van der Waals surface area contributed by atoms with Gasteiger partial charge in [0.15, 0.2) is 0 Å². The monoisotopic (exact) mass is 213 g/mol. The molecule has 2 unspecified atom stereocenters. The first-order valence-electron chi connectivity index (χ1n) is 4.98. The second-order valence-corrected chi connectivity index (χ2v) is 5.07. The van der Waals surface area contributed by atoms with E-state index in [-0.39, 0.29) is 5.97 Å². The molecule has 0 radical (unpaired) electrons. The number of carbonyl (C=O) groups is 1. The minimum Gasteiger partial charge on any atom is -0.465 e. The van der Waals surface area contributed by atoms with Crippen molar-refractivity contribution in [2.45, 2.75) is 30.9 Å². The summed E-state index contributed by atoms with van der Waals surface area (Å²) in [7, 11) is 1.41. The summed E-state index contributed by atoms with van der Waals surface area (Å²) in [6.45, 7) is 0. The SMILES string of the molecule is COC(=O)C1=C(N)C2CCCCC2S1. The molecule has 0 aromatic rings. The fourth-order valence-corrected chi connectivity index (χ4v) is 3.74. The first-order chi connectivity index (χ1) is 6.74. The molecule has 3 nitrogen and oxygen atoms in total. The third-order valence-electron chi connectivity index (χ3n) is 3.00. The van der Waals surface area contributed by atoms with Crippen LogP contribution >= 0.6 is 11.8 Å². The van der Waals surface area contributed by atoms with Gasteiger partial charge in [-0.15, -0.1) is 11.8 Å². The molecule has 0 amide bonds. The number of allylic oxidation sites excluding steroid dienone is 1. The number of rotatable bonds is 1. The summed E-state index contributed by atoms with van der Waals surface area (Å²) in [5, 5.41) is 0.526. The smallest absolute Gasteiger partial charge is 0.346 e. The number of thioether (sulfide) groups is 1. The Hall–Kier alpha value is -0.640. The molecule has 0 spiro atoms. The minimum atomic E-state index is -0.262. The molecule has 0 bridgehead atoms. The number of methoxy groups -OCH3 is 1. The quantitative estimate of drug-likeness (QED) is 0.673. The summed E-state index contributed by atoms with van der Waals surface area (Å²) in [5.74, 6) is 0.157. The third-order valence-corrected chi connectivity index (χ3v) is 4.51. The van der Waals surface area contributed by atoms with Crippen LogP contribution in [0.3, 0.4) is 0 Å². The maximum atomic E-state index is 11.4. The third kappa shape index (κ3) is 1.52. The molecule has 78 valence electrons. The van der Waals surface area contributed by atoms with Crippen molar-refractivity contribution < 1.29 is 9.53 Å². The maximum Gasteiger partial charge on any atom is 0.346 e. The van der Waals surface area contributed by atoms with Crippen LogP contribution in [0, 0.1) is 5.92 Å². The average Bonchev–Trinajstić information content (AvgIpc) is 2.56.